The molecule has 0 bridgehead atoms. The number of anilines is 1. The maximum absolute atomic E-state index is 10.5. The minimum atomic E-state index is -0.206. The Bertz CT molecular complexity index is 305. The van der Waals surface area contributed by atoms with Gasteiger partial charge in [-0.05, 0) is 0 Å². The third-order valence-electron chi connectivity index (χ3n) is 0.929. The number of amides is 1. The van der Waals surface area contributed by atoms with Gasteiger partial charge in [0.2, 0.25) is 16.2 Å². The second kappa shape index (κ2) is 5.75. The van der Waals surface area contributed by atoms with E-state index in [2.05, 4.69) is 29.4 Å². The van der Waals surface area contributed by atoms with Crippen LogP contribution in [0.1, 0.15) is 6.92 Å². The Hall–Kier alpha value is -0.900. The first kappa shape index (κ1) is 11.2. The van der Waals surface area contributed by atoms with Crippen LogP contribution in [0.5, 0.6) is 0 Å². The van der Waals surface area contributed by atoms with E-state index in [1.807, 2.05) is 0 Å². The van der Waals surface area contributed by atoms with Crippen LogP contribution >= 0.6 is 23.6 Å². The molecule has 9 heteroatoms. The molecule has 1 amide bonds. The average Bonchev–Trinajstić information content (AvgIpc) is 2.59. The number of carbonyl (C=O) groups excluding carboxylic acids is 1. The van der Waals surface area contributed by atoms with E-state index in [0.29, 0.717) is 10.3 Å². The van der Waals surface area contributed by atoms with Gasteiger partial charge in [-0.1, -0.05) is 0 Å². The molecule has 1 rings (SSSR count). The summed E-state index contributed by atoms with van der Waals surface area (Å²) in [7, 11) is 1.38. The van der Waals surface area contributed by atoms with Gasteiger partial charge in [0.15, 0.2) is 0 Å². The van der Waals surface area contributed by atoms with E-state index in [9.17, 15) is 4.79 Å². The fraction of sp³-hybridized carbons (Fsp3) is 0.400. The molecule has 0 fully saturated rings. The Morgan fingerprint density at radius 2 is 2.43 bits per heavy atom. The molecule has 0 saturated carbocycles. The Morgan fingerprint density at radius 3 is 3.07 bits per heavy atom. The van der Waals surface area contributed by atoms with Gasteiger partial charge in [-0.25, -0.2) is 4.89 Å². The number of aromatic nitrogens is 2. The summed E-state index contributed by atoms with van der Waals surface area (Å²) < 4.78 is 8.45. The molecule has 0 aromatic carbocycles. The highest BCUT2D eigenvalue weighted by atomic mass is 32.2. The molecule has 0 aliphatic heterocycles. The predicted molar refractivity (Wildman–Crippen MR) is 51.3 cm³/mol. The maximum atomic E-state index is 10.5. The van der Waals surface area contributed by atoms with Crippen molar-refractivity contribution in [1.82, 2.24) is 14.8 Å². The number of nitrogens with zero attached hydrogens (tertiary/aromatic N) is 2. The lowest BCUT2D eigenvalue weighted by molar-refractivity contribution is -0.160. The lowest BCUT2D eigenvalue weighted by atomic mass is 10.8. The number of hydrazine groups is 1. The number of rotatable bonds is 5. The number of hydrogen-bond acceptors (Lipinski definition) is 8. The fourth-order valence-electron chi connectivity index (χ4n) is 0.501. The first-order valence-corrected chi connectivity index (χ1v) is 4.97. The van der Waals surface area contributed by atoms with Gasteiger partial charge in [-0.3, -0.25) is 15.6 Å². The topological polar surface area (TPSA) is 85.4 Å². The highest BCUT2D eigenvalue weighted by Crippen LogP contribution is 2.19. The monoisotopic (exact) mass is 236 g/mol. The van der Waals surface area contributed by atoms with Gasteiger partial charge >= 0.3 is 0 Å². The molecule has 0 atom stereocenters. The van der Waals surface area contributed by atoms with Crippen molar-refractivity contribution in [3.8, 4) is 0 Å². The van der Waals surface area contributed by atoms with Crippen molar-refractivity contribution in [3.63, 3.8) is 0 Å². The van der Waals surface area contributed by atoms with Crippen LogP contribution in [0.25, 0.3) is 0 Å². The summed E-state index contributed by atoms with van der Waals surface area (Å²) in [5, 5.41) is 0.882. The van der Waals surface area contributed by atoms with Crippen LogP contribution in [-0.4, -0.2) is 22.4 Å². The van der Waals surface area contributed by atoms with E-state index in [-0.39, 0.29) is 5.91 Å². The summed E-state index contributed by atoms with van der Waals surface area (Å²) in [4.78, 5) is 18.8. The molecule has 78 valence electrons. The Balaban J connectivity index is 2.38. The standard InChI is InChI=1S/C5H8N4O3S2/c1-3(10)7-8-4-6-5(9-13-4)14-12-11-2/h1-2H3,(H,7,10)(H,6,8,9). The molecule has 14 heavy (non-hydrogen) atoms. The highest BCUT2D eigenvalue weighted by molar-refractivity contribution is 7.94. The molecule has 7 nitrogen and oxygen atoms in total. The lowest BCUT2D eigenvalue weighted by Gasteiger charge is -1.99. The summed E-state index contributed by atoms with van der Waals surface area (Å²) in [6, 6.07) is 0. The second-order valence-corrected chi connectivity index (χ2v) is 3.43. The summed E-state index contributed by atoms with van der Waals surface area (Å²) in [6.07, 6.45) is 0. The summed E-state index contributed by atoms with van der Waals surface area (Å²) in [5.74, 6) is -0.206. The van der Waals surface area contributed by atoms with E-state index >= 15 is 0 Å². The molecule has 0 aliphatic carbocycles. The normalized spacial score (nSPS) is 9.86. The van der Waals surface area contributed by atoms with E-state index in [1.54, 1.807) is 0 Å². The third kappa shape index (κ3) is 3.87. The van der Waals surface area contributed by atoms with E-state index < -0.39 is 0 Å². The molecule has 1 aromatic heterocycles. The number of nitrogens with one attached hydrogen (secondary N) is 2. The van der Waals surface area contributed by atoms with E-state index in [4.69, 9.17) is 0 Å². The fourth-order valence-corrected chi connectivity index (χ4v) is 1.48. The van der Waals surface area contributed by atoms with Crippen LogP contribution in [-0.2, 0) is 14.0 Å². The van der Waals surface area contributed by atoms with Gasteiger partial charge in [-0.15, -0.1) is 0 Å². The number of hydrogen-bond donors (Lipinski definition) is 2. The van der Waals surface area contributed by atoms with Crippen molar-refractivity contribution < 1.29 is 14.0 Å². The average molecular weight is 236 g/mol. The van der Waals surface area contributed by atoms with Crippen molar-refractivity contribution in [2.75, 3.05) is 12.5 Å². The molecule has 0 radical (unpaired) electrons. The zero-order valence-electron chi connectivity index (χ0n) is 7.44. The smallest absolute Gasteiger partial charge is 0.235 e. The van der Waals surface area contributed by atoms with Crippen LogP contribution in [0.15, 0.2) is 5.16 Å². The van der Waals surface area contributed by atoms with Crippen LogP contribution < -0.4 is 10.9 Å². The molecular weight excluding hydrogens is 228 g/mol. The summed E-state index contributed by atoms with van der Waals surface area (Å²) in [5.41, 5.74) is 4.95. The lowest BCUT2D eigenvalue weighted by Crippen LogP contribution is -2.26. The minimum Gasteiger partial charge on any atom is -0.274 e. The molecule has 0 saturated heterocycles. The second-order valence-electron chi connectivity index (χ2n) is 2.01. The molecule has 1 heterocycles. The third-order valence-corrected chi connectivity index (χ3v) is 2.21. The van der Waals surface area contributed by atoms with Crippen LogP contribution in [0, 0.1) is 0 Å². The molecular formula is C5H8N4O3S2. The Labute approximate surface area is 88.5 Å². The molecule has 0 unspecified atom stereocenters. The highest BCUT2D eigenvalue weighted by Gasteiger charge is 2.05. The van der Waals surface area contributed by atoms with Crippen LogP contribution in [0.3, 0.4) is 0 Å². The SMILES string of the molecule is COOSc1nsc(NNC(C)=O)n1. The van der Waals surface area contributed by atoms with Crippen molar-refractivity contribution >= 4 is 34.6 Å². The first-order chi connectivity index (χ1) is 6.72. The number of carbonyl (C=O) groups is 1. The minimum absolute atomic E-state index is 0.206. The van der Waals surface area contributed by atoms with Crippen LogP contribution in [0.4, 0.5) is 5.13 Å². The van der Waals surface area contributed by atoms with Gasteiger partial charge in [0.1, 0.15) is 12.0 Å². The Kier molecular flexibility index (Phi) is 4.59. The maximum Gasteiger partial charge on any atom is 0.235 e. The van der Waals surface area contributed by atoms with Gasteiger partial charge in [0, 0.05) is 18.5 Å². The van der Waals surface area contributed by atoms with E-state index in [1.165, 1.54) is 14.0 Å². The van der Waals surface area contributed by atoms with Crippen molar-refractivity contribution in [3.05, 3.63) is 0 Å². The largest absolute Gasteiger partial charge is 0.274 e. The van der Waals surface area contributed by atoms with Gasteiger partial charge < -0.3 is 0 Å². The molecule has 0 spiro atoms. The molecule has 2 N–H and O–H groups in total. The molecule has 1 aromatic rings. The Morgan fingerprint density at radius 1 is 1.64 bits per heavy atom. The molecule has 0 aliphatic rings. The van der Waals surface area contributed by atoms with Crippen molar-refractivity contribution in [2.24, 2.45) is 0 Å². The first-order valence-electron chi connectivity index (χ1n) is 3.46. The van der Waals surface area contributed by atoms with Crippen molar-refractivity contribution in [1.29, 1.82) is 0 Å². The quantitative estimate of drug-likeness (QED) is 0.439. The van der Waals surface area contributed by atoms with Crippen molar-refractivity contribution in [2.45, 2.75) is 12.1 Å². The zero-order valence-corrected chi connectivity index (χ0v) is 9.07. The zero-order chi connectivity index (χ0) is 10.4. The van der Waals surface area contributed by atoms with Gasteiger partial charge in [-0.2, -0.15) is 13.7 Å². The van der Waals surface area contributed by atoms with Crippen LogP contribution in [0.2, 0.25) is 0 Å². The summed E-state index contributed by atoms with van der Waals surface area (Å²) in [6.45, 7) is 1.39. The van der Waals surface area contributed by atoms with Gasteiger partial charge in [0.05, 0.1) is 7.11 Å². The van der Waals surface area contributed by atoms with E-state index in [0.717, 1.165) is 23.6 Å². The van der Waals surface area contributed by atoms with Gasteiger partial charge in [0.25, 0.3) is 0 Å². The summed E-state index contributed by atoms with van der Waals surface area (Å²) >= 11 is 1.99. The predicted octanol–water partition coefficient (Wildman–Crippen LogP) is 0.586.